The van der Waals surface area contributed by atoms with E-state index >= 15 is 0 Å². The van der Waals surface area contributed by atoms with Crippen molar-refractivity contribution < 1.29 is 9.90 Å². The summed E-state index contributed by atoms with van der Waals surface area (Å²) in [6.45, 7) is 1.92. The van der Waals surface area contributed by atoms with Gasteiger partial charge in [0, 0.05) is 5.56 Å². The molecule has 0 spiro atoms. The predicted molar refractivity (Wildman–Crippen MR) is 65.8 cm³/mol. The molecule has 0 bridgehead atoms. The van der Waals surface area contributed by atoms with Crippen molar-refractivity contribution >= 4 is 11.7 Å². The quantitative estimate of drug-likeness (QED) is 0.827. The monoisotopic (exact) mass is 228 g/mol. The van der Waals surface area contributed by atoms with Crippen LogP contribution in [0.3, 0.4) is 0 Å². The summed E-state index contributed by atoms with van der Waals surface area (Å²) in [7, 11) is 0. The number of carboxylic acids is 1. The maximum Gasteiger partial charge on any atom is 0.355 e. The summed E-state index contributed by atoms with van der Waals surface area (Å²) in [5.74, 6) is -1.05. The number of hydrogen-bond donors (Lipinski definition) is 2. The number of aromatic carboxylic acids is 1. The minimum atomic E-state index is -1.05. The van der Waals surface area contributed by atoms with E-state index in [0.29, 0.717) is 11.3 Å². The van der Waals surface area contributed by atoms with Crippen LogP contribution in [-0.2, 0) is 0 Å². The second kappa shape index (κ2) is 4.25. The molecule has 0 saturated carbocycles. The minimum absolute atomic E-state index is 0.0218. The number of carboxylic acid groups (broad SMARTS) is 1. The first-order valence-electron chi connectivity index (χ1n) is 5.14. The number of nitrogens with zero attached hydrogens (tertiary/aromatic N) is 1. The van der Waals surface area contributed by atoms with Gasteiger partial charge in [-0.25, -0.2) is 9.78 Å². The van der Waals surface area contributed by atoms with E-state index in [2.05, 4.69) is 4.98 Å². The number of carbonyl (C=O) groups is 1. The molecule has 0 aliphatic rings. The van der Waals surface area contributed by atoms with Gasteiger partial charge < -0.3 is 10.8 Å². The molecule has 4 nitrogen and oxygen atoms in total. The standard InChI is InChI=1S/C13H12N2O2/c1-8-4-2-3-5-10(8)11-6-9(14)7-15-12(11)13(16)17/h2-7H,14H2,1H3,(H,16,17). The lowest BCUT2D eigenvalue weighted by molar-refractivity contribution is 0.0691. The third-order valence-corrected chi connectivity index (χ3v) is 2.55. The van der Waals surface area contributed by atoms with E-state index in [1.807, 2.05) is 31.2 Å². The van der Waals surface area contributed by atoms with Crippen LogP contribution in [0.15, 0.2) is 36.5 Å². The van der Waals surface area contributed by atoms with Gasteiger partial charge in [-0.1, -0.05) is 24.3 Å². The molecule has 0 fully saturated rings. The summed E-state index contributed by atoms with van der Waals surface area (Å²) in [5.41, 5.74) is 8.51. The Morgan fingerprint density at radius 1 is 1.29 bits per heavy atom. The molecular formula is C13H12N2O2. The first-order valence-corrected chi connectivity index (χ1v) is 5.14. The van der Waals surface area contributed by atoms with E-state index < -0.39 is 5.97 Å². The summed E-state index contributed by atoms with van der Waals surface area (Å²) in [4.78, 5) is 15.0. The summed E-state index contributed by atoms with van der Waals surface area (Å²) < 4.78 is 0. The molecule has 86 valence electrons. The van der Waals surface area contributed by atoms with Crippen LogP contribution in [0.25, 0.3) is 11.1 Å². The summed E-state index contributed by atoms with van der Waals surface area (Å²) >= 11 is 0. The lowest BCUT2D eigenvalue weighted by Gasteiger charge is -2.09. The number of rotatable bonds is 2. The summed E-state index contributed by atoms with van der Waals surface area (Å²) in [6, 6.07) is 9.18. The van der Waals surface area contributed by atoms with E-state index in [1.165, 1.54) is 6.20 Å². The summed E-state index contributed by atoms with van der Waals surface area (Å²) in [5, 5.41) is 9.11. The molecule has 17 heavy (non-hydrogen) atoms. The molecule has 2 aromatic rings. The van der Waals surface area contributed by atoms with Gasteiger partial charge in [-0.15, -0.1) is 0 Å². The molecule has 3 N–H and O–H groups in total. The minimum Gasteiger partial charge on any atom is -0.476 e. The maximum atomic E-state index is 11.1. The number of pyridine rings is 1. The number of anilines is 1. The van der Waals surface area contributed by atoms with Gasteiger partial charge in [0.25, 0.3) is 0 Å². The topological polar surface area (TPSA) is 76.2 Å². The van der Waals surface area contributed by atoms with Crippen LogP contribution < -0.4 is 5.73 Å². The van der Waals surface area contributed by atoms with Crippen LogP contribution in [0.1, 0.15) is 16.1 Å². The van der Waals surface area contributed by atoms with Crippen LogP contribution in [0.2, 0.25) is 0 Å². The largest absolute Gasteiger partial charge is 0.476 e. The average Bonchev–Trinajstić information content (AvgIpc) is 2.29. The molecule has 0 aliphatic heterocycles. The van der Waals surface area contributed by atoms with E-state index in [1.54, 1.807) is 6.07 Å². The molecule has 0 radical (unpaired) electrons. The van der Waals surface area contributed by atoms with E-state index in [4.69, 9.17) is 10.8 Å². The van der Waals surface area contributed by atoms with Crippen molar-refractivity contribution in [2.24, 2.45) is 0 Å². The Labute approximate surface area is 98.7 Å². The van der Waals surface area contributed by atoms with Crippen LogP contribution in [0.4, 0.5) is 5.69 Å². The molecular weight excluding hydrogens is 216 g/mol. The zero-order chi connectivity index (χ0) is 12.4. The van der Waals surface area contributed by atoms with Crippen LogP contribution in [0, 0.1) is 6.92 Å². The SMILES string of the molecule is Cc1ccccc1-c1cc(N)cnc1C(=O)O. The van der Waals surface area contributed by atoms with Crippen LogP contribution in [0.5, 0.6) is 0 Å². The fraction of sp³-hybridized carbons (Fsp3) is 0.0769. The summed E-state index contributed by atoms with van der Waals surface area (Å²) in [6.07, 6.45) is 1.35. The second-order valence-electron chi connectivity index (χ2n) is 3.78. The van der Waals surface area contributed by atoms with Gasteiger partial charge >= 0.3 is 5.97 Å². The van der Waals surface area contributed by atoms with Crippen molar-refractivity contribution in [1.82, 2.24) is 4.98 Å². The van der Waals surface area contributed by atoms with Crippen molar-refractivity contribution in [2.75, 3.05) is 5.73 Å². The number of aromatic nitrogens is 1. The number of nitrogens with two attached hydrogens (primary N) is 1. The molecule has 0 atom stereocenters. The highest BCUT2D eigenvalue weighted by atomic mass is 16.4. The number of hydrogen-bond acceptors (Lipinski definition) is 3. The van der Waals surface area contributed by atoms with E-state index in [0.717, 1.165) is 11.1 Å². The van der Waals surface area contributed by atoms with Gasteiger partial charge in [-0.3, -0.25) is 0 Å². The second-order valence-corrected chi connectivity index (χ2v) is 3.78. The molecule has 1 heterocycles. The Kier molecular flexibility index (Phi) is 2.78. The van der Waals surface area contributed by atoms with Gasteiger partial charge in [-0.2, -0.15) is 0 Å². The number of aryl methyl sites for hydroxylation is 1. The Morgan fingerprint density at radius 2 is 2.00 bits per heavy atom. The molecule has 0 amide bonds. The first-order chi connectivity index (χ1) is 8.09. The highest BCUT2D eigenvalue weighted by molar-refractivity contribution is 5.95. The van der Waals surface area contributed by atoms with Crippen molar-refractivity contribution in [3.05, 3.63) is 47.8 Å². The fourth-order valence-electron chi connectivity index (χ4n) is 1.73. The van der Waals surface area contributed by atoms with Crippen molar-refractivity contribution in [3.63, 3.8) is 0 Å². The van der Waals surface area contributed by atoms with Crippen LogP contribution >= 0.6 is 0 Å². The lowest BCUT2D eigenvalue weighted by Crippen LogP contribution is -2.04. The molecule has 0 unspecified atom stereocenters. The highest BCUT2D eigenvalue weighted by Gasteiger charge is 2.14. The van der Waals surface area contributed by atoms with Gasteiger partial charge in [0.2, 0.25) is 0 Å². The predicted octanol–water partition coefficient (Wildman–Crippen LogP) is 2.34. The smallest absolute Gasteiger partial charge is 0.355 e. The molecule has 4 heteroatoms. The zero-order valence-corrected chi connectivity index (χ0v) is 9.34. The van der Waals surface area contributed by atoms with Gasteiger partial charge in [-0.05, 0) is 24.1 Å². The van der Waals surface area contributed by atoms with Gasteiger partial charge in [0.05, 0.1) is 11.9 Å². The first kappa shape index (κ1) is 11.1. The fourth-order valence-corrected chi connectivity index (χ4v) is 1.73. The molecule has 1 aromatic heterocycles. The number of nitrogen functional groups attached to an aromatic ring is 1. The lowest BCUT2D eigenvalue weighted by atomic mass is 9.99. The third kappa shape index (κ3) is 2.10. The third-order valence-electron chi connectivity index (χ3n) is 2.55. The van der Waals surface area contributed by atoms with Crippen molar-refractivity contribution in [1.29, 1.82) is 0 Å². The Balaban J connectivity index is 2.70. The Bertz CT molecular complexity index is 579. The van der Waals surface area contributed by atoms with Crippen LogP contribution in [-0.4, -0.2) is 16.1 Å². The molecule has 1 aromatic carbocycles. The van der Waals surface area contributed by atoms with E-state index in [-0.39, 0.29) is 5.69 Å². The zero-order valence-electron chi connectivity index (χ0n) is 9.34. The number of benzene rings is 1. The van der Waals surface area contributed by atoms with Crippen molar-refractivity contribution in [2.45, 2.75) is 6.92 Å². The molecule has 2 rings (SSSR count). The average molecular weight is 228 g/mol. The molecule has 0 saturated heterocycles. The van der Waals surface area contributed by atoms with Gasteiger partial charge in [0.15, 0.2) is 5.69 Å². The van der Waals surface area contributed by atoms with E-state index in [9.17, 15) is 4.79 Å². The highest BCUT2D eigenvalue weighted by Crippen LogP contribution is 2.27. The Hall–Kier alpha value is -2.36. The normalized spacial score (nSPS) is 10.2. The van der Waals surface area contributed by atoms with Gasteiger partial charge in [0.1, 0.15) is 0 Å². The van der Waals surface area contributed by atoms with Crippen molar-refractivity contribution in [3.8, 4) is 11.1 Å². The molecule has 0 aliphatic carbocycles. The Morgan fingerprint density at radius 3 is 2.65 bits per heavy atom. The maximum absolute atomic E-state index is 11.1.